The van der Waals surface area contributed by atoms with E-state index in [1.165, 1.54) is 11.1 Å². The van der Waals surface area contributed by atoms with Crippen LogP contribution in [0.5, 0.6) is 0 Å². The molecular formula is C19H33NO. The highest BCUT2D eigenvalue weighted by molar-refractivity contribution is 5.28. The lowest BCUT2D eigenvalue weighted by atomic mass is 9.83. The van der Waals surface area contributed by atoms with Crippen LogP contribution in [0.15, 0.2) is 24.3 Å². The van der Waals surface area contributed by atoms with E-state index in [1.807, 2.05) is 6.92 Å². The molecule has 0 aromatic heterocycles. The van der Waals surface area contributed by atoms with E-state index in [9.17, 15) is 0 Å². The van der Waals surface area contributed by atoms with E-state index in [0.717, 1.165) is 25.9 Å². The van der Waals surface area contributed by atoms with E-state index in [0.29, 0.717) is 0 Å². The van der Waals surface area contributed by atoms with Gasteiger partial charge in [0.2, 0.25) is 0 Å². The number of nitrogens with two attached hydrogens (primary N) is 1. The van der Waals surface area contributed by atoms with E-state index < -0.39 is 0 Å². The summed E-state index contributed by atoms with van der Waals surface area (Å²) >= 11 is 0. The Kier molecular flexibility index (Phi) is 6.42. The molecule has 0 fully saturated rings. The van der Waals surface area contributed by atoms with Crippen molar-refractivity contribution in [3.05, 3.63) is 35.4 Å². The second-order valence-electron chi connectivity index (χ2n) is 6.96. The summed E-state index contributed by atoms with van der Waals surface area (Å²) in [5, 5.41) is 0. The maximum absolute atomic E-state index is 6.49. The topological polar surface area (TPSA) is 35.2 Å². The molecule has 0 aliphatic carbocycles. The van der Waals surface area contributed by atoms with Gasteiger partial charge in [-0.2, -0.15) is 0 Å². The van der Waals surface area contributed by atoms with Crippen LogP contribution in [0.1, 0.15) is 65.5 Å². The fourth-order valence-electron chi connectivity index (χ4n) is 2.95. The van der Waals surface area contributed by atoms with Crippen molar-refractivity contribution in [2.45, 2.75) is 77.9 Å². The zero-order valence-corrected chi connectivity index (χ0v) is 14.7. The van der Waals surface area contributed by atoms with Crippen LogP contribution in [0.3, 0.4) is 0 Å². The van der Waals surface area contributed by atoms with Gasteiger partial charge in [-0.25, -0.2) is 0 Å². The van der Waals surface area contributed by atoms with Gasteiger partial charge in [0.1, 0.15) is 0 Å². The highest BCUT2D eigenvalue weighted by Crippen LogP contribution is 2.27. The Labute approximate surface area is 131 Å². The van der Waals surface area contributed by atoms with Crippen molar-refractivity contribution in [2.75, 3.05) is 6.61 Å². The summed E-state index contributed by atoms with van der Waals surface area (Å²) in [6.45, 7) is 13.8. The molecule has 1 aromatic carbocycles. The summed E-state index contributed by atoms with van der Waals surface area (Å²) in [4.78, 5) is 0. The van der Waals surface area contributed by atoms with Crippen LogP contribution in [-0.2, 0) is 16.6 Å². The van der Waals surface area contributed by atoms with Gasteiger partial charge < -0.3 is 10.5 Å². The molecule has 0 aliphatic rings. The lowest BCUT2D eigenvalue weighted by Gasteiger charge is -2.37. The van der Waals surface area contributed by atoms with Crippen LogP contribution >= 0.6 is 0 Å². The van der Waals surface area contributed by atoms with Crippen LogP contribution < -0.4 is 5.73 Å². The van der Waals surface area contributed by atoms with Gasteiger partial charge >= 0.3 is 0 Å². The van der Waals surface area contributed by atoms with Gasteiger partial charge in [-0.05, 0) is 42.7 Å². The third kappa shape index (κ3) is 4.55. The van der Waals surface area contributed by atoms with Crippen LogP contribution in [0.25, 0.3) is 0 Å². The van der Waals surface area contributed by atoms with Crippen molar-refractivity contribution in [3.63, 3.8) is 0 Å². The Morgan fingerprint density at radius 2 is 1.52 bits per heavy atom. The molecule has 2 nitrogen and oxygen atoms in total. The number of hydrogen-bond acceptors (Lipinski definition) is 2. The number of rotatable bonds is 7. The molecule has 0 aliphatic heterocycles. The largest absolute Gasteiger partial charge is 0.374 e. The summed E-state index contributed by atoms with van der Waals surface area (Å²) in [6, 6.07) is 8.91. The van der Waals surface area contributed by atoms with Crippen molar-refractivity contribution in [1.82, 2.24) is 0 Å². The van der Waals surface area contributed by atoms with Gasteiger partial charge in [0, 0.05) is 12.6 Å². The smallest absolute Gasteiger partial charge is 0.0830 e. The minimum atomic E-state index is -0.197. The summed E-state index contributed by atoms with van der Waals surface area (Å²) in [5.41, 5.74) is 9.15. The molecule has 1 unspecified atom stereocenters. The molecule has 2 N–H and O–H groups in total. The van der Waals surface area contributed by atoms with E-state index in [1.54, 1.807) is 0 Å². The summed E-state index contributed by atoms with van der Waals surface area (Å²) < 4.78 is 6.01. The summed E-state index contributed by atoms with van der Waals surface area (Å²) in [6.07, 6.45) is 2.78. The van der Waals surface area contributed by atoms with E-state index in [2.05, 4.69) is 58.9 Å². The minimum Gasteiger partial charge on any atom is -0.374 e. The Balaban J connectivity index is 2.84. The van der Waals surface area contributed by atoms with Crippen molar-refractivity contribution in [1.29, 1.82) is 0 Å². The highest BCUT2D eigenvalue weighted by atomic mass is 16.5. The zero-order valence-electron chi connectivity index (χ0n) is 14.7. The van der Waals surface area contributed by atoms with Crippen molar-refractivity contribution < 1.29 is 4.74 Å². The highest BCUT2D eigenvalue weighted by Gasteiger charge is 2.33. The summed E-state index contributed by atoms with van der Waals surface area (Å²) in [5.74, 6) is 0. The average Bonchev–Trinajstić information content (AvgIpc) is 2.44. The molecule has 1 aromatic rings. The third-order valence-corrected chi connectivity index (χ3v) is 4.58. The zero-order chi connectivity index (χ0) is 16.1. The quantitative estimate of drug-likeness (QED) is 0.805. The van der Waals surface area contributed by atoms with Crippen LogP contribution in [-0.4, -0.2) is 18.2 Å². The molecule has 21 heavy (non-hydrogen) atoms. The Morgan fingerprint density at radius 3 is 1.90 bits per heavy atom. The van der Waals surface area contributed by atoms with E-state index in [4.69, 9.17) is 10.5 Å². The number of ether oxygens (including phenoxy) is 1. The molecule has 0 heterocycles. The molecule has 0 amide bonds. The van der Waals surface area contributed by atoms with Crippen molar-refractivity contribution >= 4 is 0 Å². The van der Waals surface area contributed by atoms with Gasteiger partial charge in [-0.1, -0.05) is 58.9 Å². The van der Waals surface area contributed by atoms with E-state index in [-0.39, 0.29) is 17.1 Å². The molecule has 0 spiro atoms. The normalized spacial score (nSPS) is 14.2. The van der Waals surface area contributed by atoms with Crippen molar-refractivity contribution in [3.8, 4) is 0 Å². The maximum Gasteiger partial charge on any atom is 0.0830 e. The third-order valence-electron chi connectivity index (χ3n) is 4.58. The SMILES string of the molecule is CCOC(CC)(CC)C(N)Cc1ccc(C(C)(C)C)cc1. The second-order valence-corrected chi connectivity index (χ2v) is 6.96. The first-order valence-corrected chi connectivity index (χ1v) is 8.28. The molecule has 2 heteroatoms. The first kappa shape index (κ1) is 18.2. The lowest BCUT2D eigenvalue weighted by molar-refractivity contribution is -0.0633. The van der Waals surface area contributed by atoms with Crippen LogP contribution in [0, 0.1) is 0 Å². The molecule has 0 saturated heterocycles. The Bertz CT molecular complexity index is 412. The maximum atomic E-state index is 6.49. The lowest BCUT2D eigenvalue weighted by Crippen LogP contribution is -2.50. The standard InChI is InChI=1S/C19H33NO/c1-7-19(8-2,21-9-3)17(20)14-15-10-12-16(13-11-15)18(4,5)6/h10-13,17H,7-9,14,20H2,1-6H3. The minimum absolute atomic E-state index is 0.0351. The fourth-order valence-corrected chi connectivity index (χ4v) is 2.95. The van der Waals surface area contributed by atoms with Gasteiger partial charge in [0.15, 0.2) is 0 Å². The average molecular weight is 291 g/mol. The van der Waals surface area contributed by atoms with Gasteiger partial charge in [-0.3, -0.25) is 0 Å². The number of hydrogen-bond donors (Lipinski definition) is 1. The molecule has 1 atom stereocenters. The predicted octanol–water partition coefficient (Wildman–Crippen LogP) is 4.45. The fraction of sp³-hybridized carbons (Fsp3) is 0.684. The first-order valence-electron chi connectivity index (χ1n) is 8.28. The molecule has 0 bridgehead atoms. The van der Waals surface area contributed by atoms with Gasteiger partial charge in [-0.15, -0.1) is 0 Å². The monoisotopic (exact) mass is 291 g/mol. The van der Waals surface area contributed by atoms with E-state index >= 15 is 0 Å². The second kappa shape index (κ2) is 7.42. The number of benzene rings is 1. The molecule has 120 valence electrons. The first-order chi connectivity index (χ1) is 9.79. The van der Waals surface area contributed by atoms with Crippen molar-refractivity contribution in [2.24, 2.45) is 5.73 Å². The molecule has 0 saturated carbocycles. The van der Waals surface area contributed by atoms with Crippen LogP contribution in [0.4, 0.5) is 0 Å². The van der Waals surface area contributed by atoms with Gasteiger partial charge in [0.25, 0.3) is 0 Å². The molecular weight excluding hydrogens is 258 g/mol. The molecule has 1 rings (SSSR count). The predicted molar refractivity (Wildman–Crippen MR) is 91.8 cm³/mol. The Morgan fingerprint density at radius 1 is 1.00 bits per heavy atom. The van der Waals surface area contributed by atoms with Crippen LogP contribution in [0.2, 0.25) is 0 Å². The molecule has 0 radical (unpaired) electrons. The summed E-state index contributed by atoms with van der Waals surface area (Å²) in [7, 11) is 0. The Hall–Kier alpha value is -0.860. The van der Waals surface area contributed by atoms with Gasteiger partial charge in [0.05, 0.1) is 5.60 Å².